The molecule has 3 saturated carbocycles. The van der Waals surface area contributed by atoms with Gasteiger partial charge in [0.2, 0.25) is 0 Å². The van der Waals surface area contributed by atoms with Crippen LogP contribution in [-0.2, 0) is 9.53 Å². The van der Waals surface area contributed by atoms with Gasteiger partial charge in [0.1, 0.15) is 5.60 Å². The molecule has 0 N–H and O–H groups in total. The number of rotatable bonds is 2. The summed E-state index contributed by atoms with van der Waals surface area (Å²) in [4.78, 5) is 11.6. The maximum atomic E-state index is 11.6. The zero-order chi connectivity index (χ0) is 14.8. The summed E-state index contributed by atoms with van der Waals surface area (Å²) in [7, 11) is 0. The van der Waals surface area contributed by atoms with Gasteiger partial charge >= 0.3 is 5.97 Å². The standard InChI is InChI=1S/C18H26O2/c1-6-14(19)20-17(4,5)18-9-7-8-12-13(10-18)15(12)16(2,3)11-18/h1,12-13,15H,7-11H2,2-5H3. The first-order valence-corrected chi connectivity index (χ1v) is 7.92. The smallest absolute Gasteiger partial charge is 0.384 e. The molecule has 2 bridgehead atoms. The van der Waals surface area contributed by atoms with E-state index in [1.54, 1.807) is 0 Å². The van der Waals surface area contributed by atoms with Crippen LogP contribution in [-0.4, -0.2) is 11.6 Å². The number of ether oxygens (including phenoxy) is 1. The van der Waals surface area contributed by atoms with Crippen LogP contribution in [0.2, 0.25) is 0 Å². The first-order valence-electron chi connectivity index (χ1n) is 7.92. The highest BCUT2D eigenvalue weighted by atomic mass is 16.6. The van der Waals surface area contributed by atoms with Crippen molar-refractivity contribution < 1.29 is 9.53 Å². The number of carbonyl (C=O) groups is 1. The van der Waals surface area contributed by atoms with Crippen LogP contribution in [0.15, 0.2) is 0 Å². The van der Waals surface area contributed by atoms with E-state index in [-0.39, 0.29) is 5.41 Å². The van der Waals surface area contributed by atoms with Crippen LogP contribution < -0.4 is 0 Å². The first kappa shape index (κ1) is 14.0. The minimum Gasteiger partial charge on any atom is -0.450 e. The second kappa shape index (κ2) is 4.03. The number of hydrogen-bond donors (Lipinski definition) is 0. The summed E-state index contributed by atoms with van der Waals surface area (Å²) in [6, 6.07) is 0. The molecule has 3 aliphatic rings. The minimum absolute atomic E-state index is 0.107. The molecule has 0 aromatic rings. The maximum absolute atomic E-state index is 11.6. The zero-order valence-electron chi connectivity index (χ0n) is 13.2. The molecule has 3 aliphatic carbocycles. The average molecular weight is 274 g/mol. The lowest BCUT2D eigenvalue weighted by Gasteiger charge is -2.53. The largest absolute Gasteiger partial charge is 0.450 e. The molecule has 0 saturated heterocycles. The second-order valence-electron chi connectivity index (χ2n) is 8.44. The molecule has 110 valence electrons. The van der Waals surface area contributed by atoms with Crippen molar-refractivity contribution in [2.24, 2.45) is 28.6 Å². The lowest BCUT2D eigenvalue weighted by Crippen LogP contribution is -2.51. The molecule has 2 heteroatoms. The fourth-order valence-corrected chi connectivity index (χ4v) is 5.79. The van der Waals surface area contributed by atoms with Crippen molar-refractivity contribution in [3.05, 3.63) is 0 Å². The van der Waals surface area contributed by atoms with Gasteiger partial charge in [-0.05, 0) is 62.7 Å². The van der Waals surface area contributed by atoms with E-state index in [1.807, 2.05) is 0 Å². The third-order valence-electron chi connectivity index (χ3n) is 6.59. The number of terminal acetylenes is 1. The molecule has 2 nitrogen and oxygen atoms in total. The van der Waals surface area contributed by atoms with E-state index in [9.17, 15) is 4.79 Å². The number of hydrogen-bond acceptors (Lipinski definition) is 2. The monoisotopic (exact) mass is 274 g/mol. The molecule has 0 radical (unpaired) electrons. The molecule has 0 spiro atoms. The van der Waals surface area contributed by atoms with Gasteiger partial charge in [0.15, 0.2) is 0 Å². The molecule has 0 heterocycles. The van der Waals surface area contributed by atoms with Crippen molar-refractivity contribution in [1.29, 1.82) is 0 Å². The van der Waals surface area contributed by atoms with E-state index in [2.05, 4.69) is 33.6 Å². The predicted octanol–water partition coefficient (Wildman–Crippen LogP) is 3.79. The van der Waals surface area contributed by atoms with Gasteiger partial charge in [-0.1, -0.05) is 20.3 Å². The summed E-state index contributed by atoms with van der Waals surface area (Å²) in [6.07, 6.45) is 11.4. The Labute approximate surface area is 122 Å². The topological polar surface area (TPSA) is 26.3 Å². The van der Waals surface area contributed by atoms with Crippen molar-refractivity contribution in [3.8, 4) is 12.3 Å². The Balaban J connectivity index is 1.93. The third kappa shape index (κ3) is 1.82. The molecule has 4 atom stereocenters. The number of carbonyl (C=O) groups excluding carboxylic acids is 1. The second-order valence-corrected chi connectivity index (χ2v) is 8.44. The maximum Gasteiger partial charge on any atom is 0.384 e. The van der Waals surface area contributed by atoms with Crippen molar-refractivity contribution >= 4 is 5.97 Å². The fourth-order valence-electron chi connectivity index (χ4n) is 5.79. The lowest BCUT2D eigenvalue weighted by molar-refractivity contribution is -0.174. The molecule has 4 unspecified atom stereocenters. The molecular formula is C18H26O2. The predicted molar refractivity (Wildman–Crippen MR) is 78.8 cm³/mol. The molecule has 0 aromatic carbocycles. The SMILES string of the molecule is C#CC(=O)OC(C)(C)C12CCCC3C(C1)C3C(C)(C)C2. The summed E-state index contributed by atoms with van der Waals surface area (Å²) >= 11 is 0. The summed E-state index contributed by atoms with van der Waals surface area (Å²) in [5, 5.41) is 0. The van der Waals surface area contributed by atoms with Gasteiger partial charge in [-0.15, -0.1) is 6.42 Å². The Morgan fingerprint density at radius 1 is 1.35 bits per heavy atom. The van der Waals surface area contributed by atoms with Crippen LogP contribution in [0.1, 0.15) is 59.8 Å². The van der Waals surface area contributed by atoms with Gasteiger partial charge in [0.05, 0.1) is 0 Å². The van der Waals surface area contributed by atoms with Crippen LogP contribution in [0.25, 0.3) is 0 Å². The van der Waals surface area contributed by atoms with Crippen molar-refractivity contribution in [2.45, 2.75) is 65.4 Å². The molecule has 3 rings (SSSR count). The Morgan fingerprint density at radius 2 is 2.05 bits per heavy atom. The Bertz CT molecular complexity index is 482. The first-order chi connectivity index (χ1) is 9.22. The van der Waals surface area contributed by atoms with Crippen LogP contribution in [0.5, 0.6) is 0 Å². The quantitative estimate of drug-likeness (QED) is 0.435. The zero-order valence-corrected chi connectivity index (χ0v) is 13.2. The van der Waals surface area contributed by atoms with Gasteiger partial charge in [-0.2, -0.15) is 0 Å². The van der Waals surface area contributed by atoms with E-state index in [0.717, 1.165) is 24.2 Å². The van der Waals surface area contributed by atoms with Crippen molar-refractivity contribution in [3.63, 3.8) is 0 Å². The van der Waals surface area contributed by atoms with Gasteiger partial charge in [-0.25, -0.2) is 4.79 Å². The summed E-state index contributed by atoms with van der Waals surface area (Å²) in [5.41, 5.74) is 0.0133. The molecule has 0 aliphatic heterocycles. The van der Waals surface area contributed by atoms with Crippen molar-refractivity contribution in [1.82, 2.24) is 0 Å². The highest BCUT2D eigenvalue weighted by molar-refractivity contribution is 5.88. The Hall–Kier alpha value is -0.970. The number of fused-ring (bicyclic) bond motifs is 2. The normalized spacial score (nSPS) is 41.2. The van der Waals surface area contributed by atoms with E-state index >= 15 is 0 Å². The fraction of sp³-hybridized carbons (Fsp3) is 0.833. The van der Waals surface area contributed by atoms with Crippen molar-refractivity contribution in [2.75, 3.05) is 0 Å². The highest BCUT2D eigenvalue weighted by Gasteiger charge is 2.68. The third-order valence-corrected chi connectivity index (χ3v) is 6.59. The molecule has 0 amide bonds. The Morgan fingerprint density at radius 3 is 2.70 bits per heavy atom. The Kier molecular flexibility index (Phi) is 2.82. The minimum atomic E-state index is -0.513. The molecule has 20 heavy (non-hydrogen) atoms. The molecule has 3 fully saturated rings. The van der Waals surface area contributed by atoms with Gasteiger partial charge in [0.25, 0.3) is 0 Å². The molecular weight excluding hydrogens is 248 g/mol. The van der Waals surface area contributed by atoms with Gasteiger partial charge in [0, 0.05) is 11.3 Å². The number of esters is 1. The van der Waals surface area contributed by atoms with E-state index in [0.29, 0.717) is 5.41 Å². The van der Waals surface area contributed by atoms with E-state index < -0.39 is 11.6 Å². The summed E-state index contributed by atoms with van der Waals surface area (Å²) in [6.45, 7) is 8.95. The van der Waals surface area contributed by atoms with Crippen LogP contribution >= 0.6 is 0 Å². The summed E-state index contributed by atoms with van der Waals surface area (Å²) < 4.78 is 5.69. The highest BCUT2D eigenvalue weighted by Crippen LogP contribution is 2.73. The molecule has 0 aromatic heterocycles. The van der Waals surface area contributed by atoms with E-state index in [1.165, 1.54) is 25.7 Å². The van der Waals surface area contributed by atoms with E-state index in [4.69, 9.17) is 11.2 Å². The van der Waals surface area contributed by atoms with Crippen LogP contribution in [0.4, 0.5) is 0 Å². The van der Waals surface area contributed by atoms with Gasteiger partial charge < -0.3 is 4.74 Å². The van der Waals surface area contributed by atoms with Crippen LogP contribution in [0, 0.1) is 40.9 Å². The van der Waals surface area contributed by atoms with Crippen LogP contribution in [0.3, 0.4) is 0 Å². The average Bonchev–Trinajstić information content (AvgIpc) is 3.01. The van der Waals surface area contributed by atoms with Gasteiger partial charge in [-0.3, -0.25) is 0 Å². The summed E-state index contributed by atoms with van der Waals surface area (Å²) in [5.74, 6) is 4.27. The lowest BCUT2D eigenvalue weighted by atomic mass is 9.55.